The zero-order valence-electron chi connectivity index (χ0n) is 11.1. The number of hydrogen-bond acceptors (Lipinski definition) is 3. The zero-order chi connectivity index (χ0) is 13.9. The van der Waals surface area contributed by atoms with Gasteiger partial charge in [0.2, 0.25) is 0 Å². The van der Waals surface area contributed by atoms with Crippen molar-refractivity contribution in [1.29, 1.82) is 5.26 Å². The molecule has 2 N–H and O–H groups in total. The molecule has 1 saturated carbocycles. The van der Waals surface area contributed by atoms with E-state index in [0.717, 1.165) is 19.3 Å². The van der Waals surface area contributed by atoms with Crippen LogP contribution in [0.3, 0.4) is 0 Å². The van der Waals surface area contributed by atoms with Crippen LogP contribution in [-0.2, 0) is 0 Å². The van der Waals surface area contributed by atoms with E-state index in [4.69, 9.17) is 0 Å². The van der Waals surface area contributed by atoms with Gasteiger partial charge in [-0.3, -0.25) is 4.79 Å². The third-order valence-corrected chi connectivity index (χ3v) is 3.82. The van der Waals surface area contributed by atoms with Crippen LogP contribution in [0.2, 0.25) is 0 Å². The van der Waals surface area contributed by atoms with Gasteiger partial charge in [0.05, 0.1) is 6.07 Å². The number of nitriles is 1. The fourth-order valence-corrected chi connectivity index (χ4v) is 2.57. The van der Waals surface area contributed by atoms with Crippen molar-refractivity contribution in [2.24, 2.45) is 0 Å². The maximum atomic E-state index is 12.3. The Hall–Kier alpha value is -2.02. The first-order chi connectivity index (χ1) is 9.08. The molecule has 1 aliphatic rings. The van der Waals surface area contributed by atoms with Crippen LogP contribution < -0.4 is 5.32 Å². The van der Waals surface area contributed by atoms with Crippen molar-refractivity contribution >= 4 is 5.91 Å². The van der Waals surface area contributed by atoms with E-state index in [1.54, 1.807) is 25.1 Å². The topological polar surface area (TPSA) is 73.1 Å². The van der Waals surface area contributed by atoms with Crippen molar-refractivity contribution in [1.82, 2.24) is 5.32 Å². The average Bonchev–Trinajstić information content (AvgIpc) is 2.42. The number of benzene rings is 1. The van der Waals surface area contributed by atoms with Crippen molar-refractivity contribution in [2.75, 3.05) is 0 Å². The van der Waals surface area contributed by atoms with E-state index < -0.39 is 5.54 Å². The number of rotatable bonds is 2. The highest BCUT2D eigenvalue weighted by Gasteiger charge is 2.34. The highest BCUT2D eigenvalue weighted by molar-refractivity contribution is 5.96. The first-order valence-electron chi connectivity index (χ1n) is 6.60. The molecule has 0 radical (unpaired) electrons. The van der Waals surface area contributed by atoms with Gasteiger partial charge in [0.25, 0.3) is 5.91 Å². The normalized spacial score (nSPS) is 17.5. The van der Waals surface area contributed by atoms with Crippen LogP contribution in [0.1, 0.15) is 48.0 Å². The summed E-state index contributed by atoms with van der Waals surface area (Å²) in [5, 5.41) is 21.8. The summed E-state index contributed by atoms with van der Waals surface area (Å²) in [5.74, 6) is -0.181. The Morgan fingerprint density at radius 1 is 1.37 bits per heavy atom. The lowest BCUT2D eigenvalue weighted by molar-refractivity contribution is 0.0901. The molecule has 0 aliphatic heterocycles. The van der Waals surface area contributed by atoms with E-state index in [-0.39, 0.29) is 11.7 Å². The zero-order valence-corrected chi connectivity index (χ0v) is 11.1. The highest BCUT2D eigenvalue weighted by Crippen LogP contribution is 2.28. The van der Waals surface area contributed by atoms with Gasteiger partial charge in [-0.05, 0) is 31.9 Å². The van der Waals surface area contributed by atoms with Crippen molar-refractivity contribution in [3.8, 4) is 11.8 Å². The van der Waals surface area contributed by atoms with Crippen LogP contribution in [0.25, 0.3) is 0 Å². The van der Waals surface area contributed by atoms with Gasteiger partial charge in [-0.15, -0.1) is 0 Å². The molecule has 1 fully saturated rings. The van der Waals surface area contributed by atoms with Crippen molar-refractivity contribution in [3.63, 3.8) is 0 Å². The molecule has 0 heterocycles. The predicted molar refractivity (Wildman–Crippen MR) is 71.7 cm³/mol. The number of nitrogens with one attached hydrogen (secondary N) is 1. The fraction of sp³-hybridized carbons (Fsp3) is 0.467. The van der Waals surface area contributed by atoms with Crippen LogP contribution in [-0.4, -0.2) is 16.6 Å². The summed E-state index contributed by atoms with van der Waals surface area (Å²) in [5.41, 5.74) is 0.233. The number of nitrogens with zero attached hydrogens (tertiary/aromatic N) is 1. The standard InChI is InChI=1S/C15H18N2O2/c1-11-12(6-5-7-13(11)18)14(19)17-15(10-16)8-3-2-4-9-15/h5-7,18H,2-4,8-9H2,1H3,(H,17,19). The first-order valence-corrected chi connectivity index (χ1v) is 6.60. The highest BCUT2D eigenvalue weighted by atomic mass is 16.3. The molecule has 19 heavy (non-hydrogen) atoms. The minimum atomic E-state index is -0.743. The monoisotopic (exact) mass is 258 g/mol. The number of carbonyl (C=O) groups excluding carboxylic acids is 1. The summed E-state index contributed by atoms with van der Waals surface area (Å²) in [6.45, 7) is 1.70. The molecule has 0 bridgehead atoms. The van der Waals surface area contributed by atoms with Crippen LogP contribution in [0.5, 0.6) is 5.75 Å². The van der Waals surface area contributed by atoms with Crippen LogP contribution in [0, 0.1) is 18.3 Å². The molecule has 1 aromatic rings. The lowest BCUT2D eigenvalue weighted by Gasteiger charge is -2.31. The quantitative estimate of drug-likeness (QED) is 0.856. The maximum absolute atomic E-state index is 12.3. The number of carbonyl (C=O) groups is 1. The Labute approximate surface area is 113 Å². The Morgan fingerprint density at radius 2 is 2.05 bits per heavy atom. The number of hydrogen-bond donors (Lipinski definition) is 2. The van der Waals surface area contributed by atoms with E-state index in [0.29, 0.717) is 24.0 Å². The lowest BCUT2D eigenvalue weighted by Crippen LogP contribution is -2.48. The summed E-state index contributed by atoms with van der Waals surface area (Å²) in [7, 11) is 0. The van der Waals surface area contributed by atoms with E-state index >= 15 is 0 Å². The molecule has 1 aromatic carbocycles. The Bertz CT molecular complexity index is 525. The second-order valence-corrected chi connectivity index (χ2v) is 5.16. The van der Waals surface area contributed by atoms with Crippen LogP contribution in [0.4, 0.5) is 0 Å². The molecule has 1 amide bonds. The van der Waals surface area contributed by atoms with E-state index in [2.05, 4.69) is 11.4 Å². The first kappa shape index (κ1) is 13.4. The third-order valence-electron chi connectivity index (χ3n) is 3.82. The summed E-state index contributed by atoms with van der Waals surface area (Å²) in [6.07, 6.45) is 4.45. The molecule has 0 aromatic heterocycles. The second kappa shape index (κ2) is 5.31. The average molecular weight is 258 g/mol. The summed E-state index contributed by atoms with van der Waals surface area (Å²) < 4.78 is 0. The summed E-state index contributed by atoms with van der Waals surface area (Å²) >= 11 is 0. The Morgan fingerprint density at radius 3 is 2.68 bits per heavy atom. The van der Waals surface area contributed by atoms with Crippen molar-refractivity contribution in [2.45, 2.75) is 44.6 Å². The van der Waals surface area contributed by atoms with Crippen LogP contribution >= 0.6 is 0 Å². The van der Waals surface area contributed by atoms with E-state index in [1.807, 2.05) is 0 Å². The summed E-state index contributed by atoms with van der Waals surface area (Å²) in [4.78, 5) is 12.3. The molecule has 1 aliphatic carbocycles. The molecule has 100 valence electrons. The van der Waals surface area contributed by atoms with Gasteiger partial charge in [0.1, 0.15) is 11.3 Å². The molecule has 0 unspecified atom stereocenters. The molecule has 0 saturated heterocycles. The lowest BCUT2D eigenvalue weighted by atomic mass is 9.82. The summed E-state index contributed by atoms with van der Waals surface area (Å²) in [6, 6.07) is 7.11. The van der Waals surface area contributed by atoms with Gasteiger partial charge in [-0.2, -0.15) is 5.26 Å². The number of phenols is 1. The largest absolute Gasteiger partial charge is 0.508 e. The Balaban J connectivity index is 2.21. The van der Waals surface area contributed by atoms with Gasteiger partial charge in [0.15, 0.2) is 0 Å². The van der Waals surface area contributed by atoms with Gasteiger partial charge >= 0.3 is 0 Å². The fourth-order valence-electron chi connectivity index (χ4n) is 2.57. The smallest absolute Gasteiger partial charge is 0.252 e. The SMILES string of the molecule is Cc1c(O)cccc1C(=O)NC1(C#N)CCCCC1. The number of amides is 1. The second-order valence-electron chi connectivity index (χ2n) is 5.16. The molecule has 4 nitrogen and oxygen atoms in total. The molecule has 2 rings (SSSR count). The molecule has 0 atom stereocenters. The van der Waals surface area contributed by atoms with Crippen molar-refractivity contribution in [3.05, 3.63) is 29.3 Å². The molecule has 4 heteroatoms. The van der Waals surface area contributed by atoms with Gasteiger partial charge in [-0.25, -0.2) is 0 Å². The van der Waals surface area contributed by atoms with E-state index in [9.17, 15) is 15.2 Å². The minimum absolute atomic E-state index is 0.0994. The van der Waals surface area contributed by atoms with E-state index in [1.165, 1.54) is 0 Å². The molecular weight excluding hydrogens is 240 g/mol. The number of phenolic OH excluding ortho intramolecular Hbond substituents is 1. The van der Waals surface area contributed by atoms with Gasteiger partial charge in [-0.1, -0.05) is 25.3 Å². The molecule has 0 spiro atoms. The maximum Gasteiger partial charge on any atom is 0.252 e. The molecular formula is C15H18N2O2. The predicted octanol–water partition coefficient (Wildman–Crippen LogP) is 2.66. The minimum Gasteiger partial charge on any atom is -0.508 e. The van der Waals surface area contributed by atoms with Gasteiger partial charge < -0.3 is 10.4 Å². The Kier molecular flexibility index (Phi) is 3.75. The van der Waals surface area contributed by atoms with Crippen LogP contribution in [0.15, 0.2) is 18.2 Å². The van der Waals surface area contributed by atoms with Gasteiger partial charge in [0, 0.05) is 11.1 Å². The third kappa shape index (κ3) is 2.70. The number of aromatic hydroxyl groups is 1. The van der Waals surface area contributed by atoms with Crippen molar-refractivity contribution < 1.29 is 9.90 Å².